The van der Waals surface area contributed by atoms with E-state index in [1.165, 1.54) is 0 Å². The molecule has 5 rings (SSSR count). The van der Waals surface area contributed by atoms with Crippen LogP contribution in [0.3, 0.4) is 0 Å². The summed E-state index contributed by atoms with van der Waals surface area (Å²) < 4.78 is 5.40. The second kappa shape index (κ2) is 9.10. The van der Waals surface area contributed by atoms with E-state index in [2.05, 4.69) is 20.2 Å². The van der Waals surface area contributed by atoms with Crippen molar-refractivity contribution in [1.82, 2.24) is 19.8 Å². The number of nitrogens with one attached hydrogen (secondary N) is 2. The van der Waals surface area contributed by atoms with Crippen LogP contribution in [0.1, 0.15) is 17.8 Å². The number of carbonyl (C=O) groups excluding carboxylic acids is 2. The number of aromatic nitrogens is 2. The van der Waals surface area contributed by atoms with E-state index in [-0.39, 0.29) is 24.2 Å². The fraction of sp³-hybridized carbons (Fsp3) is 0.375. The van der Waals surface area contributed by atoms with E-state index in [1.807, 2.05) is 48.5 Å². The van der Waals surface area contributed by atoms with Gasteiger partial charge in [-0.25, -0.2) is 4.98 Å². The van der Waals surface area contributed by atoms with E-state index >= 15 is 0 Å². The largest absolute Gasteiger partial charge is 0.379 e. The third kappa shape index (κ3) is 4.66. The minimum atomic E-state index is -0.347. The van der Waals surface area contributed by atoms with Crippen molar-refractivity contribution in [3.05, 3.63) is 59.9 Å². The summed E-state index contributed by atoms with van der Waals surface area (Å²) in [5.41, 5.74) is 3.54. The molecule has 166 valence electrons. The highest BCUT2D eigenvalue weighted by molar-refractivity contribution is 5.98. The average Bonchev–Trinajstić information content (AvgIpc) is 3.37. The molecule has 0 aliphatic carbocycles. The van der Waals surface area contributed by atoms with Gasteiger partial charge in [0.25, 0.3) is 0 Å². The first kappa shape index (κ1) is 20.7. The third-order valence-electron chi connectivity index (χ3n) is 6.08. The van der Waals surface area contributed by atoms with Crippen LogP contribution in [0.2, 0.25) is 0 Å². The summed E-state index contributed by atoms with van der Waals surface area (Å²) in [4.78, 5) is 37.3. The summed E-state index contributed by atoms with van der Waals surface area (Å²) in [5, 5.41) is 2.98. The lowest BCUT2D eigenvalue weighted by Gasteiger charge is -2.25. The molecule has 2 aliphatic rings. The maximum Gasteiger partial charge on any atom is 0.229 e. The van der Waals surface area contributed by atoms with Crippen molar-refractivity contribution in [3.8, 4) is 0 Å². The highest BCUT2D eigenvalue weighted by Gasteiger charge is 2.34. The maximum atomic E-state index is 12.8. The molecule has 3 aromatic rings. The minimum Gasteiger partial charge on any atom is -0.379 e. The molecule has 32 heavy (non-hydrogen) atoms. The maximum absolute atomic E-state index is 12.8. The van der Waals surface area contributed by atoms with Crippen LogP contribution in [0.25, 0.3) is 11.0 Å². The van der Waals surface area contributed by atoms with E-state index in [9.17, 15) is 9.59 Å². The lowest BCUT2D eigenvalue weighted by molar-refractivity contribution is -0.128. The van der Waals surface area contributed by atoms with Crippen molar-refractivity contribution in [2.45, 2.75) is 19.5 Å². The van der Waals surface area contributed by atoms with Gasteiger partial charge in [-0.1, -0.05) is 30.3 Å². The highest BCUT2D eigenvalue weighted by atomic mass is 16.5. The smallest absolute Gasteiger partial charge is 0.229 e. The van der Waals surface area contributed by atoms with Gasteiger partial charge in [0.1, 0.15) is 5.82 Å². The van der Waals surface area contributed by atoms with Crippen LogP contribution in [0.4, 0.5) is 5.69 Å². The molecule has 0 saturated carbocycles. The molecule has 0 unspecified atom stereocenters. The van der Waals surface area contributed by atoms with Gasteiger partial charge in [0.15, 0.2) is 0 Å². The number of hydrogen-bond donors (Lipinski definition) is 2. The predicted molar refractivity (Wildman–Crippen MR) is 121 cm³/mol. The Labute approximate surface area is 186 Å². The van der Waals surface area contributed by atoms with Gasteiger partial charge in [0.2, 0.25) is 11.8 Å². The summed E-state index contributed by atoms with van der Waals surface area (Å²) in [5.74, 6) is 0.455. The number of ether oxygens (including phenoxy) is 1. The van der Waals surface area contributed by atoms with Crippen LogP contribution in [-0.4, -0.2) is 64.4 Å². The van der Waals surface area contributed by atoms with Crippen molar-refractivity contribution in [1.29, 1.82) is 0 Å². The van der Waals surface area contributed by atoms with Crippen LogP contribution in [0, 0.1) is 5.92 Å². The Kier molecular flexibility index (Phi) is 5.87. The number of carbonyl (C=O) groups is 2. The Bertz CT molecular complexity index is 1110. The first-order valence-electron chi connectivity index (χ1n) is 11.1. The van der Waals surface area contributed by atoms with Gasteiger partial charge >= 0.3 is 0 Å². The zero-order valence-electron chi connectivity index (χ0n) is 17.9. The molecule has 2 N–H and O–H groups in total. The summed E-state index contributed by atoms with van der Waals surface area (Å²) >= 11 is 0. The van der Waals surface area contributed by atoms with Gasteiger partial charge in [0, 0.05) is 38.3 Å². The Morgan fingerprint density at radius 2 is 1.94 bits per heavy atom. The first-order chi connectivity index (χ1) is 15.6. The summed E-state index contributed by atoms with van der Waals surface area (Å²) in [6, 6.07) is 15.5. The average molecular weight is 434 g/mol. The van der Waals surface area contributed by atoms with Crippen molar-refractivity contribution in [2.24, 2.45) is 5.92 Å². The lowest BCUT2D eigenvalue weighted by Crippen LogP contribution is -2.35. The van der Waals surface area contributed by atoms with Crippen LogP contribution >= 0.6 is 0 Å². The molecular formula is C24H27N5O3. The summed E-state index contributed by atoms with van der Waals surface area (Å²) in [7, 11) is 0. The second-order valence-electron chi connectivity index (χ2n) is 8.45. The van der Waals surface area contributed by atoms with Crippen molar-refractivity contribution in [3.63, 3.8) is 0 Å². The molecule has 0 radical (unpaired) electrons. The summed E-state index contributed by atoms with van der Waals surface area (Å²) in [6.07, 6.45) is 0.245. The Morgan fingerprint density at radius 1 is 1.12 bits per heavy atom. The standard InChI is InChI=1S/C24H27N5O3/c30-23-12-18(15-29(23)14-17-4-2-1-3-5-17)24(31)25-19-6-7-20-21(13-19)27-22(26-20)16-28-8-10-32-11-9-28/h1-7,13,18H,8-12,14-16H2,(H,25,31)(H,26,27)/t18-/m1/s1. The van der Waals surface area contributed by atoms with Gasteiger partial charge in [-0.3, -0.25) is 14.5 Å². The number of H-pyrrole nitrogens is 1. The Balaban J connectivity index is 1.21. The fourth-order valence-electron chi connectivity index (χ4n) is 4.33. The van der Waals surface area contributed by atoms with Crippen LogP contribution in [0.5, 0.6) is 0 Å². The number of imidazole rings is 1. The molecule has 0 spiro atoms. The monoisotopic (exact) mass is 433 g/mol. The summed E-state index contributed by atoms with van der Waals surface area (Å²) in [6.45, 7) is 5.04. The number of rotatable bonds is 6. The lowest BCUT2D eigenvalue weighted by atomic mass is 10.1. The van der Waals surface area contributed by atoms with E-state index in [1.54, 1.807) is 4.90 Å². The predicted octanol–water partition coefficient (Wildman–Crippen LogP) is 2.38. The molecule has 3 heterocycles. The molecule has 2 saturated heterocycles. The van der Waals surface area contributed by atoms with E-state index in [0.717, 1.165) is 55.3 Å². The number of nitrogens with zero attached hydrogens (tertiary/aromatic N) is 3. The normalized spacial score (nSPS) is 19.6. The number of fused-ring (bicyclic) bond motifs is 1. The Morgan fingerprint density at radius 3 is 2.75 bits per heavy atom. The minimum absolute atomic E-state index is 0.0192. The SMILES string of the molecule is O=C(Nc1ccc2nc(CN3CCOCC3)[nH]c2c1)[C@@H]1CC(=O)N(Cc2ccccc2)C1. The zero-order chi connectivity index (χ0) is 21.9. The Hall–Kier alpha value is -3.23. The van der Waals surface area contributed by atoms with Gasteiger partial charge in [-0.05, 0) is 23.8 Å². The van der Waals surface area contributed by atoms with Crippen molar-refractivity contribution >= 4 is 28.5 Å². The molecule has 2 aliphatic heterocycles. The number of anilines is 1. The topological polar surface area (TPSA) is 90.6 Å². The van der Waals surface area contributed by atoms with Gasteiger partial charge in [-0.2, -0.15) is 0 Å². The number of morpholine rings is 1. The second-order valence-corrected chi connectivity index (χ2v) is 8.45. The third-order valence-corrected chi connectivity index (χ3v) is 6.08. The molecule has 1 atom stereocenters. The number of amides is 2. The van der Waals surface area contributed by atoms with Crippen molar-refractivity contribution < 1.29 is 14.3 Å². The number of likely N-dealkylation sites (tertiary alicyclic amines) is 1. The van der Waals surface area contributed by atoms with Gasteiger partial charge in [0.05, 0.1) is 36.7 Å². The quantitative estimate of drug-likeness (QED) is 0.623. The highest BCUT2D eigenvalue weighted by Crippen LogP contribution is 2.23. The van der Waals surface area contributed by atoms with E-state index in [4.69, 9.17) is 4.74 Å². The zero-order valence-corrected chi connectivity index (χ0v) is 17.9. The molecule has 8 heteroatoms. The molecule has 2 amide bonds. The number of aromatic amines is 1. The first-order valence-corrected chi connectivity index (χ1v) is 11.1. The van der Waals surface area contributed by atoms with Gasteiger partial charge < -0.3 is 19.9 Å². The molecular weight excluding hydrogens is 406 g/mol. The van der Waals surface area contributed by atoms with Crippen LogP contribution in [-0.2, 0) is 27.4 Å². The van der Waals surface area contributed by atoms with Crippen molar-refractivity contribution in [2.75, 3.05) is 38.2 Å². The van der Waals surface area contributed by atoms with Gasteiger partial charge in [-0.15, -0.1) is 0 Å². The van der Waals surface area contributed by atoms with Crippen LogP contribution in [0.15, 0.2) is 48.5 Å². The molecule has 0 bridgehead atoms. The fourth-order valence-corrected chi connectivity index (χ4v) is 4.33. The molecule has 8 nitrogen and oxygen atoms in total. The molecule has 2 fully saturated rings. The molecule has 2 aromatic carbocycles. The number of hydrogen-bond acceptors (Lipinski definition) is 5. The number of benzene rings is 2. The molecule has 1 aromatic heterocycles. The van der Waals surface area contributed by atoms with E-state index in [0.29, 0.717) is 18.8 Å². The van der Waals surface area contributed by atoms with E-state index < -0.39 is 0 Å². The van der Waals surface area contributed by atoms with Crippen LogP contribution < -0.4 is 5.32 Å².